The summed E-state index contributed by atoms with van der Waals surface area (Å²) >= 11 is 0. The zero-order valence-corrected chi connectivity index (χ0v) is 12.6. The summed E-state index contributed by atoms with van der Waals surface area (Å²) in [5.41, 5.74) is -4.16. The highest BCUT2D eigenvalue weighted by Gasteiger charge is 2.34. The van der Waals surface area contributed by atoms with Gasteiger partial charge in [-0.1, -0.05) is 0 Å². The van der Waals surface area contributed by atoms with Gasteiger partial charge in [-0.15, -0.1) is 0 Å². The van der Waals surface area contributed by atoms with Crippen molar-refractivity contribution in [3.63, 3.8) is 0 Å². The second-order valence-corrected chi connectivity index (χ2v) is 5.20. The van der Waals surface area contributed by atoms with Crippen LogP contribution in [0.25, 0.3) is 0 Å². The standard InChI is InChI=1S/C16H9F8NO/c17-7-8-3-10(15(19,20)21)6-11(4-8)25-14(26)9-1-2-12(13(18)5-9)16(22,23)24/h1-6H,7H2,(H,25,26). The van der Waals surface area contributed by atoms with Gasteiger partial charge in [-0.3, -0.25) is 4.79 Å². The number of anilines is 1. The first-order valence-corrected chi connectivity index (χ1v) is 6.87. The molecule has 26 heavy (non-hydrogen) atoms. The summed E-state index contributed by atoms with van der Waals surface area (Å²) in [6.07, 6.45) is -9.76. The Kier molecular flexibility index (Phi) is 5.24. The molecule has 0 atom stereocenters. The lowest BCUT2D eigenvalue weighted by molar-refractivity contribution is -0.140. The SMILES string of the molecule is O=C(Nc1cc(CF)cc(C(F)(F)F)c1)c1ccc(C(F)(F)F)c(F)c1. The minimum Gasteiger partial charge on any atom is -0.322 e. The van der Waals surface area contributed by atoms with Gasteiger partial charge in [-0.2, -0.15) is 26.3 Å². The Hall–Kier alpha value is -2.65. The number of nitrogens with one attached hydrogen (secondary N) is 1. The van der Waals surface area contributed by atoms with E-state index < -0.39 is 53.1 Å². The number of hydrogen-bond donors (Lipinski definition) is 1. The molecule has 0 aliphatic rings. The quantitative estimate of drug-likeness (QED) is 0.689. The molecule has 1 amide bonds. The van der Waals surface area contributed by atoms with Crippen LogP contribution in [0, 0.1) is 5.82 Å². The molecular formula is C16H9F8NO. The van der Waals surface area contributed by atoms with Crippen molar-refractivity contribution >= 4 is 11.6 Å². The fourth-order valence-corrected chi connectivity index (χ4v) is 2.09. The van der Waals surface area contributed by atoms with Gasteiger partial charge in [0.2, 0.25) is 0 Å². The van der Waals surface area contributed by atoms with Gasteiger partial charge in [0.1, 0.15) is 12.5 Å². The molecule has 140 valence electrons. The van der Waals surface area contributed by atoms with Crippen LogP contribution >= 0.6 is 0 Å². The summed E-state index contributed by atoms with van der Waals surface area (Å²) < 4.78 is 102. The van der Waals surface area contributed by atoms with E-state index in [0.29, 0.717) is 30.3 Å². The normalized spacial score (nSPS) is 12.2. The molecule has 2 rings (SSSR count). The van der Waals surface area contributed by atoms with Gasteiger partial charge in [0, 0.05) is 11.3 Å². The molecule has 0 aliphatic heterocycles. The number of alkyl halides is 7. The Morgan fingerprint density at radius 1 is 0.923 bits per heavy atom. The monoisotopic (exact) mass is 383 g/mol. The fraction of sp³-hybridized carbons (Fsp3) is 0.188. The largest absolute Gasteiger partial charge is 0.419 e. The zero-order chi connectivity index (χ0) is 19.7. The maximum absolute atomic E-state index is 13.5. The lowest BCUT2D eigenvalue weighted by Crippen LogP contribution is -2.15. The van der Waals surface area contributed by atoms with Crippen molar-refractivity contribution in [2.75, 3.05) is 5.32 Å². The van der Waals surface area contributed by atoms with E-state index >= 15 is 0 Å². The highest BCUT2D eigenvalue weighted by Crippen LogP contribution is 2.33. The third-order valence-corrected chi connectivity index (χ3v) is 3.27. The van der Waals surface area contributed by atoms with Crippen LogP contribution in [0.2, 0.25) is 0 Å². The van der Waals surface area contributed by atoms with Crippen molar-refractivity contribution < 1.29 is 39.9 Å². The predicted molar refractivity (Wildman–Crippen MR) is 75.6 cm³/mol. The van der Waals surface area contributed by atoms with E-state index in [4.69, 9.17) is 0 Å². The average molecular weight is 383 g/mol. The van der Waals surface area contributed by atoms with Crippen molar-refractivity contribution in [3.8, 4) is 0 Å². The molecule has 0 saturated carbocycles. The van der Waals surface area contributed by atoms with Gasteiger partial charge in [-0.05, 0) is 42.0 Å². The summed E-state index contributed by atoms with van der Waals surface area (Å²) in [5, 5.41) is 1.98. The topological polar surface area (TPSA) is 29.1 Å². The zero-order valence-electron chi connectivity index (χ0n) is 12.6. The summed E-state index contributed by atoms with van der Waals surface area (Å²) in [6, 6.07) is 3.31. The molecule has 0 unspecified atom stereocenters. The third kappa shape index (κ3) is 4.50. The smallest absolute Gasteiger partial charge is 0.322 e. The number of carbonyl (C=O) groups is 1. The lowest BCUT2D eigenvalue weighted by Gasteiger charge is -2.13. The van der Waals surface area contributed by atoms with Crippen LogP contribution < -0.4 is 5.32 Å². The van der Waals surface area contributed by atoms with Crippen LogP contribution in [0.3, 0.4) is 0 Å². The minimum absolute atomic E-state index is 0.307. The first kappa shape index (κ1) is 19.7. The number of hydrogen-bond acceptors (Lipinski definition) is 1. The van der Waals surface area contributed by atoms with E-state index in [9.17, 15) is 39.9 Å². The number of halogens is 8. The van der Waals surface area contributed by atoms with Crippen molar-refractivity contribution in [3.05, 3.63) is 64.5 Å². The van der Waals surface area contributed by atoms with Crippen LogP contribution in [-0.2, 0) is 19.0 Å². The number of amides is 1. The van der Waals surface area contributed by atoms with E-state index in [1.165, 1.54) is 0 Å². The molecule has 0 spiro atoms. The molecule has 0 fully saturated rings. The highest BCUT2D eigenvalue weighted by molar-refractivity contribution is 6.04. The molecule has 0 saturated heterocycles. The van der Waals surface area contributed by atoms with E-state index in [2.05, 4.69) is 0 Å². The number of carbonyl (C=O) groups excluding carboxylic acids is 1. The lowest BCUT2D eigenvalue weighted by atomic mass is 10.1. The van der Waals surface area contributed by atoms with Crippen LogP contribution in [0.1, 0.15) is 27.0 Å². The molecule has 2 aromatic rings. The van der Waals surface area contributed by atoms with Crippen molar-refractivity contribution in [2.45, 2.75) is 19.0 Å². The molecule has 1 N–H and O–H groups in total. The summed E-state index contributed by atoms with van der Waals surface area (Å²) in [7, 11) is 0. The molecular weight excluding hydrogens is 374 g/mol. The van der Waals surface area contributed by atoms with Gasteiger partial charge >= 0.3 is 12.4 Å². The van der Waals surface area contributed by atoms with Gasteiger partial charge in [-0.25, -0.2) is 8.78 Å². The first-order chi connectivity index (χ1) is 11.9. The minimum atomic E-state index is -4.96. The van der Waals surface area contributed by atoms with Crippen molar-refractivity contribution in [1.29, 1.82) is 0 Å². The van der Waals surface area contributed by atoms with E-state index in [0.717, 1.165) is 6.07 Å². The molecule has 0 bridgehead atoms. The van der Waals surface area contributed by atoms with Gasteiger partial charge in [0.25, 0.3) is 5.91 Å². The van der Waals surface area contributed by atoms with Crippen molar-refractivity contribution in [1.82, 2.24) is 0 Å². The number of rotatable bonds is 3. The molecule has 2 aromatic carbocycles. The summed E-state index contributed by atoms with van der Waals surface area (Å²) in [6.45, 7) is -1.23. The molecule has 0 aliphatic carbocycles. The second kappa shape index (κ2) is 6.93. The van der Waals surface area contributed by atoms with Gasteiger partial charge < -0.3 is 5.32 Å². The van der Waals surface area contributed by atoms with Gasteiger partial charge in [0.15, 0.2) is 0 Å². The Bertz CT molecular complexity index is 826. The van der Waals surface area contributed by atoms with Crippen LogP contribution in [-0.4, -0.2) is 5.91 Å². The molecule has 0 aromatic heterocycles. The van der Waals surface area contributed by atoms with E-state index in [1.807, 2.05) is 5.32 Å². The van der Waals surface area contributed by atoms with Crippen LogP contribution in [0.4, 0.5) is 40.8 Å². The summed E-state index contributed by atoms with van der Waals surface area (Å²) in [5.74, 6) is -2.86. The molecule has 0 radical (unpaired) electrons. The predicted octanol–water partition coefficient (Wildman–Crippen LogP) is 5.59. The summed E-state index contributed by atoms with van der Waals surface area (Å²) in [4.78, 5) is 12.0. The van der Waals surface area contributed by atoms with Crippen LogP contribution in [0.15, 0.2) is 36.4 Å². The average Bonchev–Trinajstić information content (AvgIpc) is 2.52. The third-order valence-electron chi connectivity index (χ3n) is 3.27. The maximum Gasteiger partial charge on any atom is 0.419 e. The first-order valence-electron chi connectivity index (χ1n) is 6.87. The Balaban J connectivity index is 2.32. The maximum atomic E-state index is 13.5. The molecule has 10 heteroatoms. The van der Waals surface area contributed by atoms with E-state index in [-0.39, 0.29) is 5.56 Å². The van der Waals surface area contributed by atoms with Gasteiger partial charge in [0.05, 0.1) is 11.1 Å². The Labute approximate surface area is 141 Å². The highest BCUT2D eigenvalue weighted by atomic mass is 19.4. The molecule has 2 nitrogen and oxygen atoms in total. The Morgan fingerprint density at radius 2 is 1.58 bits per heavy atom. The van der Waals surface area contributed by atoms with Crippen molar-refractivity contribution in [2.24, 2.45) is 0 Å². The second-order valence-electron chi connectivity index (χ2n) is 5.20. The van der Waals surface area contributed by atoms with Crippen LogP contribution in [0.5, 0.6) is 0 Å². The number of benzene rings is 2. The molecule has 0 heterocycles. The fourth-order valence-electron chi connectivity index (χ4n) is 2.09. The van der Waals surface area contributed by atoms with E-state index in [1.54, 1.807) is 0 Å². The Morgan fingerprint density at radius 3 is 2.08 bits per heavy atom.